The lowest BCUT2D eigenvalue weighted by atomic mass is 10.3. The van der Waals surface area contributed by atoms with Gasteiger partial charge in [-0.15, -0.1) is 0 Å². The van der Waals surface area contributed by atoms with Gasteiger partial charge in [0.1, 0.15) is 5.69 Å². The van der Waals surface area contributed by atoms with Gasteiger partial charge in [0.05, 0.1) is 4.90 Å². The molecule has 2 aromatic rings. The molecule has 0 fully saturated rings. The Balaban J connectivity index is 1.95. The Bertz CT molecular complexity index is 839. The van der Waals surface area contributed by atoms with Crippen molar-refractivity contribution in [2.45, 2.75) is 4.90 Å². The topological polar surface area (TPSA) is 94.5 Å². The van der Waals surface area contributed by atoms with E-state index >= 15 is 0 Å². The van der Waals surface area contributed by atoms with Crippen LogP contribution in [-0.2, 0) is 26.4 Å². The average Bonchev–Trinajstić information content (AvgIpc) is 2.90. The van der Waals surface area contributed by atoms with Gasteiger partial charge in [-0.3, -0.25) is 4.79 Å². The van der Waals surface area contributed by atoms with Gasteiger partial charge in [0.15, 0.2) is 16.4 Å². The second kappa shape index (κ2) is 6.66. The molecule has 8 heteroatoms. The maximum Gasteiger partial charge on any atom is 0.355 e. The van der Waals surface area contributed by atoms with E-state index in [9.17, 15) is 18.0 Å². The van der Waals surface area contributed by atoms with Crippen molar-refractivity contribution >= 4 is 27.4 Å². The monoisotopic (exact) mass is 336 g/mol. The SMILES string of the molecule is Cn1cccc1C(=O)OCC(=O)Nc1cccc(S(C)(=O)=O)c1. The lowest BCUT2D eigenvalue weighted by molar-refractivity contribution is -0.119. The summed E-state index contributed by atoms with van der Waals surface area (Å²) in [6.45, 7) is -0.465. The minimum absolute atomic E-state index is 0.0936. The molecule has 1 amide bonds. The predicted octanol–water partition coefficient (Wildman–Crippen LogP) is 1.22. The fourth-order valence-electron chi connectivity index (χ4n) is 1.88. The molecule has 0 saturated heterocycles. The molecule has 1 heterocycles. The number of nitrogens with zero attached hydrogens (tertiary/aromatic N) is 1. The highest BCUT2D eigenvalue weighted by Crippen LogP contribution is 2.15. The van der Waals surface area contributed by atoms with Crippen LogP contribution in [0.15, 0.2) is 47.5 Å². The number of carbonyl (C=O) groups excluding carboxylic acids is 2. The van der Waals surface area contributed by atoms with E-state index in [1.165, 1.54) is 18.2 Å². The maximum atomic E-state index is 11.8. The normalized spacial score (nSPS) is 11.0. The lowest BCUT2D eigenvalue weighted by Crippen LogP contribution is -2.21. The number of carbonyl (C=O) groups is 2. The van der Waals surface area contributed by atoms with Gasteiger partial charge in [0.25, 0.3) is 5.91 Å². The van der Waals surface area contributed by atoms with Crippen LogP contribution < -0.4 is 5.32 Å². The number of rotatable bonds is 5. The summed E-state index contributed by atoms with van der Waals surface area (Å²) in [6, 6.07) is 9.10. The van der Waals surface area contributed by atoms with E-state index in [-0.39, 0.29) is 4.90 Å². The number of sulfone groups is 1. The summed E-state index contributed by atoms with van der Waals surface area (Å²) in [5, 5.41) is 2.48. The van der Waals surface area contributed by atoms with E-state index in [1.54, 1.807) is 36.0 Å². The first-order valence-corrected chi connectivity index (χ1v) is 8.55. The number of hydrogen-bond donors (Lipinski definition) is 1. The number of aryl methyl sites for hydroxylation is 1. The Morgan fingerprint density at radius 2 is 1.96 bits per heavy atom. The molecular weight excluding hydrogens is 320 g/mol. The third-order valence-electron chi connectivity index (χ3n) is 3.03. The Labute approximate surface area is 133 Å². The van der Waals surface area contributed by atoms with Crippen LogP contribution in [-0.4, -0.2) is 37.7 Å². The van der Waals surface area contributed by atoms with Crippen molar-refractivity contribution in [3.05, 3.63) is 48.3 Å². The molecule has 23 heavy (non-hydrogen) atoms. The molecule has 0 aliphatic heterocycles. The summed E-state index contributed by atoms with van der Waals surface area (Å²) >= 11 is 0. The molecule has 2 rings (SSSR count). The summed E-state index contributed by atoms with van der Waals surface area (Å²) in [7, 11) is -1.67. The van der Waals surface area contributed by atoms with Gasteiger partial charge >= 0.3 is 5.97 Å². The van der Waals surface area contributed by atoms with E-state index in [0.717, 1.165) is 6.26 Å². The van der Waals surface area contributed by atoms with Crippen molar-refractivity contribution in [1.82, 2.24) is 4.57 Å². The molecule has 1 aromatic heterocycles. The number of anilines is 1. The van der Waals surface area contributed by atoms with Crippen molar-refractivity contribution in [3.8, 4) is 0 Å². The zero-order chi connectivity index (χ0) is 17.0. The van der Waals surface area contributed by atoms with Gasteiger partial charge in [0, 0.05) is 25.2 Å². The highest BCUT2D eigenvalue weighted by atomic mass is 32.2. The third kappa shape index (κ3) is 4.43. The van der Waals surface area contributed by atoms with E-state index < -0.39 is 28.3 Å². The number of esters is 1. The minimum Gasteiger partial charge on any atom is -0.451 e. The van der Waals surface area contributed by atoms with E-state index in [0.29, 0.717) is 11.4 Å². The van der Waals surface area contributed by atoms with Crippen LogP contribution in [0.5, 0.6) is 0 Å². The van der Waals surface area contributed by atoms with Gasteiger partial charge in [-0.05, 0) is 30.3 Å². The molecule has 0 atom stereocenters. The molecular formula is C15H16N2O5S. The first kappa shape index (κ1) is 16.8. The highest BCUT2D eigenvalue weighted by Gasteiger charge is 2.13. The predicted molar refractivity (Wildman–Crippen MR) is 83.9 cm³/mol. The Hall–Kier alpha value is -2.61. The summed E-state index contributed by atoms with van der Waals surface area (Å²) < 4.78 is 29.4. The van der Waals surface area contributed by atoms with Crippen molar-refractivity contribution in [2.75, 3.05) is 18.2 Å². The summed E-state index contributed by atoms with van der Waals surface area (Å²) in [5.41, 5.74) is 0.643. The van der Waals surface area contributed by atoms with E-state index in [2.05, 4.69) is 5.32 Å². The van der Waals surface area contributed by atoms with Crippen LogP contribution in [0, 0.1) is 0 Å². The van der Waals surface area contributed by atoms with Crippen LogP contribution in [0.4, 0.5) is 5.69 Å². The van der Waals surface area contributed by atoms with Crippen molar-refractivity contribution in [1.29, 1.82) is 0 Å². The van der Waals surface area contributed by atoms with Gasteiger partial charge in [0.2, 0.25) is 0 Å². The van der Waals surface area contributed by atoms with Crippen LogP contribution in [0.1, 0.15) is 10.5 Å². The highest BCUT2D eigenvalue weighted by molar-refractivity contribution is 7.90. The molecule has 0 saturated carbocycles. The van der Waals surface area contributed by atoms with Gasteiger partial charge in [-0.25, -0.2) is 13.2 Å². The number of ether oxygens (including phenoxy) is 1. The van der Waals surface area contributed by atoms with Gasteiger partial charge in [-0.1, -0.05) is 6.07 Å². The van der Waals surface area contributed by atoms with Gasteiger partial charge < -0.3 is 14.6 Å². The van der Waals surface area contributed by atoms with Crippen LogP contribution in [0.25, 0.3) is 0 Å². The summed E-state index contributed by atoms with van der Waals surface area (Å²) in [6.07, 6.45) is 2.77. The molecule has 0 radical (unpaired) electrons. The summed E-state index contributed by atoms with van der Waals surface area (Å²) in [5.74, 6) is -1.17. The molecule has 1 N–H and O–H groups in total. The molecule has 7 nitrogen and oxygen atoms in total. The Morgan fingerprint density at radius 1 is 1.22 bits per heavy atom. The molecule has 0 aliphatic rings. The van der Waals surface area contributed by atoms with E-state index in [1.807, 2.05) is 0 Å². The molecule has 0 bridgehead atoms. The molecule has 122 valence electrons. The number of aromatic nitrogens is 1. The number of hydrogen-bond acceptors (Lipinski definition) is 5. The van der Waals surface area contributed by atoms with Crippen molar-refractivity contribution < 1.29 is 22.7 Å². The van der Waals surface area contributed by atoms with Crippen LogP contribution >= 0.6 is 0 Å². The van der Waals surface area contributed by atoms with Crippen LogP contribution in [0.3, 0.4) is 0 Å². The minimum atomic E-state index is -3.36. The summed E-state index contributed by atoms with van der Waals surface area (Å²) in [4.78, 5) is 23.6. The van der Waals surface area contributed by atoms with Crippen molar-refractivity contribution in [2.24, 2.45) is 7.05 Å². The number of benzene rings is 1. The largest absolute Gasteiger partial charge is 0.451 e. The standard InChI is InChI=1S/C15H16N2O5S/c1-17-8-4-7-13(17)15(19)22-10-14(18)16-11-5-3-6-12(9-11)23(2,20)21/h3-9H,10H2,1-2H3,(H,16,18). The number of amides is 1. The second-order valence-electron chi connectivity index (χ2n) is 4.93. The molecule has 0 spiro atoms. The zero-order valence-electron chi connectivity index (χ0n) is 12.6. The molecule has 0 aliphatic carbocycles. The smallest absolute Gasteiger partial charge is 0.355 e. The van der Waals surface area contributed by atoms with Crippen molar-refractivity contribution in [3.63, 3.8) is 0 Å². The Kier molecular flexibility index (Phi) is 4.85. The molecule has 1 aromatic carbocycles. The average molecular weight is 336 g/mol. The quantitative estimate of drug-likeness (QED) is 0.829. The maximum absolute atomic E-state index is 11.8. The first-order chi connectivity index (χ1) is 10.8. The lowest BCUT2D eigenvalue weighted by Gasteiger charge is -2.08. The first-order valence-electron chi connectivity index (χ1n) is 6.66. The fourth-order valence-corrected chi connectivity index (χ4v) is 2.55. The number of nitrogens with one attached hydrogen (secondary N) is 1. The van der Waals surface area contributed by atoms with Gasteiger partial charge in [-0.2, -0.15) is 0 Å². The molecule has 0 unspecified atom stereocenters. The Morgan fingerprint density at radius 3 is 2.57 bits per heavy atom. The fraction of sp³-hybridized carbons (Fsp3) is 0.200. The third-order valence-corrected chi connectivity index (χ3v) is 4.14. The van der Waals surface area contributed by atoms with Crippen LogP contribution in [0.2, 0.25) is 0 Å². The zero-order valence-corrected chi connectivity index (χ0v) is 13.5. The van der Waals surface area contributed by atoms with E-state index in [4.69, 9.17) is 4.74 Å². The second-order valence-corrected chi connectivity index (χ2v) is 6.94.